The smallest absolute Gasteiger partial charge is 0.194 e. The van der Waals surface area contributed by atoms with Crippen molar-refractivity contribution >= 4 is 40.0 Å². The third-order valence-corrected chi connectivity index (χ3v) is 6.07. The molecule has 0 radical (unpaired) electrons. The number of halogens is 1. The van der Waals surface area contributed by atoms with Crippen LogP contribution in [-0.4, -0.2) is 20.8 Å². The molecule has 1 unspecified atom stereocenters. The Kier molecular flexibility index (Phi) is 4.10. The summed E-state index contributed by atoms with van der Waals surface area (Å²) >= 11 is 3.61. The number of fused-ring (bicyclic) bond motifs is 2. The molecule has 112 valence electrons. The molecule has 3 aromatic rings. The molecule has 4 heterocycles. The molecule has 0 aromatic carbocycles. The normalized spacial score (nSPS) is 18.7. The van der Waals surface area contributed by atoms with Gasteiger partial charge in [-0.1, -0.05) is 0 Å². The Morgan fingerprint density at radius 2 is 2.19 bits per heavy atom. The van der Waals surface area contributed by atoms with Gasteiger partial charge in [0.05, 0.1) is 11.4 Å². The molecule has 1 aliphatic heterocycles. The van der Waals surface area contributed by atoms with Crippen LogP contribution in [0.3, 0.4) is 0 Å². The van der Waals surface area contributed by atoms with Crippen LogP contribution in [0.5, 0.6) is 0 Å². The lowest BCUT2D eigenvalue weighted by atomic mass is 10.0. The van der Waals surface area contributed by atoms with Gasteiger partial charge in [0.2, 0.25) is 0 Å². The minimum absolute atomic E-state index is 0. The molecule has 0 spiro atoms. The molecule has 0 N–H and O–H groups in total. The van der Waals surface area contributed by atoms with Crippen LogP contribution in [0.15, 0.2) is 23.0 Å². The van der Waals surface area contributed by atoms with Crippen LogP contribution in [0.25, 0.3) is 4.96 Å². The SMILES string of the molecule is Cc1nc2sccn2c1CN1CCc2sccc2C1C.Cl. The van der Waals surface area contributed by atoms with E-state index in [0.717, 1.165) is 18.1 Å². The van der Waals surface area contributed by atoms with E-state index < -0.39 is 0 Å². The van der Waals surface area contributed by atoms with Crippen molar-refractivity contribution in [3.63, 3.8) is 0 Å². The summed E-state index contributed by atoms with van der Waals surface area (Å²) in [7, 11) is 0. The van der Waals surface area contributed by atoms with E-state index in [4.69, 9.17) is 0 Å². The number of nitrogens with zero attached hydrogens (tertiary/aromatic N) is 3. The first kappa shape index (κ1) is 15.0. The van der Waals surface area contributed by atoms with Crippen molar-refractivity contribution in [3.8, 4) is 0 Å². The first-order valence-electron chi connectivity index (χ1n) is 6.95. The summed E-state index contributed by atoms with van der Waals surface area (Å²) in [6.45, 7) is 6.58. The third kappa shape index (κ3) is 2.42. The summed E-state index contributed by atoms with van der Waals surface area (Å²) < 4.78 is 2.25. The number of imidazole rings is 1. The van der Waals surface area contributed by atoms with Crippen LogP contribution in [0.4, 0.5) is 0 Å². The molecule has 0 saturated heterocycles. The van der Waals surface area contributed by atoms with Gasteiger partial charge in [0.25, 0.3) is 0 Å². The number of aromatic nitrogens is 2. The van der Waals surface area contributed by atoms with Gasteiger partial charge in [0.1, 0.15) is 0 Å². The maximum Gasteiger partial charge on any atom is 0.194 e. The van der Waals surface area contributed by atoms with Crippen molar-refractivity contribution in [3.05, 3.63) is 44.9 Å². The van der Waals surface area contributed by atoms with E-state index in [1.807, 2.05) is 11.3 Å². The summed E-state index contributed by atoms with van der Waals surface area (Å²) in [4.78, 5) is 9.91. The second-order valence-electron chi connectivity index (χ2n) is 5.40. The average molecular weight is 340 g/mol. The van der Waals surface area contributed by atoms with E-state index in [0.29, 0.717) is 6.04 Å². The molecule has 1 atom stereocenters. The highest BCUT2D eigenvalue weighted by Crippen LogP contribution is 2.34. The second kappa shape index (κ2) is 5.72. The molecular formula is C15H18ClN3S2. The Bertz CT molecular complexity index is 758. The highest BCUT2D eigenvalue weighted by atomic mass is 35.5. The number of hydrogen-bond acceptors (Lipinski definition) is 4. The van der Waals surface area contributed by atoms with Crippen molar-refractivity contribution in [2.45, 2.75) is 32.9 Å². The third-order valence-electron chi connectivity index (χ3n) is 4.32. The van der Waals surface area contributed by atoms with Crippen LogP contribution >= 0.6 is 35.1 Å². The van der Waals surface area contributed by atoms with E-state index in [1.54, 1.807) is 16.2 Å². The first-order valence-corrected chi connectivity index (χ1v) is 8.71. The summed E-state index contributed by atoms with van der Waals surface area (Å²) in [5.41, 5.74) is 4.02. The Balaban J connectivity index is 0.00000132. The maximum atomic E-state index is 4.65. The zero-order valence-corrected chi connectivity index (χ0v) is 14.5. The minimum Gasteiger partial charge on any atom is -0.293 e. The highest BCUT2D eigenvalue weighted by Gasteiger charge is 2.26. The fraction of sp³-hybridized carbons (Fsp3) is 0.400. The van der Waals surface area contributed by atoms with E-state index in [2.05, 4.69) is 51.2 Å². The van der Waals surface area contributed by atoms with Gasteiger partial charge in [0.15, 0.2) is 4.96 Å². The molecule has 3 aromatic heterocycles. The predicted molar refractivity (Wildman–Crippen MR) is 91.9 cm³/mol. The number of thiophene rings is 1. The topological polar surface area (TPSA) is 20.5 Å². The van der Waals surface area contributed by atoms with Gasteiger partial charge in [-0.05, 0) is 37.3 Å². The fourth-order valence-electron chi connectivity index (χ4n) is 3.10. The highest BCUT2D eigenvalue weighted by molar-refractivity contribution is 7.15. The van der Waals surface area contributed by atoms with Crippen LogP contribution in [0.1, 0.15) is 34.8 Å². The fourth-order valence-corrected chi connectivity index (χ4v) is 4.84. The second-order valence-corrected chi connectivity index (χ2v) is 7.27. The lowest BCUT2D eigenvalue weighted by Gasteiger charge is -2.33. The Hall–Kier alpha value is -0.880. The van der Waals surface area contributed by atoms with Gasteiger partial charge in [-0.15, -0.1) is 35.1 Å². The predicted octanol–water partition coefficient (Wildman–Crippen LogP) is 4.31. The molecular weight excluding hydrogens is 322 g/mol. The van der Waals surface area contributed by atoms with Gasteiger partial charge < -0.3 is 0 Å². The summed E-state index contributed by atoms with van der Waals surface area (Å²) in [5.74, 6) is 0. The van der Waals surface area contributed by atoms with Gasteiger partial charge in [0, 0.05) is 35.6 Å². The van der Waals surface area contributed by atoms with Crippen molar-refractivity contribution in [2.24, 2.45) is 0 Å². The Morgan fingerprint density at radius 1 is 1.33 bits per heavy atom. The zero-order valence-electron chi connectivity index (χ0n) is 12.1. The number of hydrogen-bond donors (Lipinski definition) is 0. The standard InChI is InChI=1S/C15H17N3S2.ClH/c1-10-13(18-6-8-20-15(18)16-10)9-17-5-3-14-12(11(17)2)4-7-19-14;/h4,6-8,11H,3,5,9H2,1-2H3;1H. The van der Waals surface area contributed by atoms with Gasteiger partial charge in [-0.25, -0.2) is 4.98 Å². The number of rotatable bonds is 2. The molecule has 1 aliphatic rings. The molecule has 0 fully saturated rings. The molecule has 4 rings (SSSR count). The molecule has 0 bridgehead atoms. The Morgan fingerprint density at radius 3 is 3.05 bits per heavy atom. The van der Waals surface area contributed by atoms with Crippen LogP contribution < -0.4 is 0 Å². The van der Waals surface area contributed by atoms with Crippen molar-refractivity contribution in [1.29, 1.82) is 0 Å². The molecule has 0 amide bonds. The van der Waals surface area contributed by atoms with Crippen LogP contribution in [0.2, 0.25) is 0 Å². The van der Waals surface area contributed by atoms with Crippen molar-refractivity contribution in [1.82, 2.24) is 14.3 Å². The summed E-state index contributed by atoms with van der Waals surface area (Å²) in [6, 6.07) is 2.80. The van der Waals surface area contributed by atoms with Crippen LogP contribution in [-0.2, 0) is 13.0 Å². The molecule has 0 aliphatic carbocycles. The van der Waals surface area contributed by atoms with Gasteiger partial charge >= 0.3 is 0 Å². The van der Waals surface area contributed by atoms with Gasteiger partial charge in [-0.2, -0.15) is 0 Å². The molecule has 21 heavy (non-hydrogen) atoms. The van der Waals surface area contributed by atoms with Crippen molar-refractivity contribution in [2.75, 3.05) is 6.54 Å². The lowest BCUT2D eigenvalue weighted by Crippen LogP contribution is -2.33. The summed E-state index contributed by atoms with van der Waals surface area (Å²) in [6.07, 6.45) is 3.32. The average Bonchev–Trinajstić information content (AvgIpc) is 3.11. The lowest BCUT2D eigenvalue weighted by molar-refractivity contribution is 0.188. The van der Waals surface area contributed by atoms with E-state index in [-0.39, 0.29) is 12.4 Å². The van der Waals surface area contributed by atoms with Crippen LogP contribution in [0, 0.1) is 6.92 Å². The van der Waals surface area contributed by atoms with E-state index >= 15 is 0 Å². The molecule has 0 saturated carbocycles. The molecule has 3 nitrogen and oxygen atoms in total. The van der Waals surface area contributed by atoms with Crippen molar-refractivity contribution < 1.29 is 0 Å². The van der Waals surface area contributed by atoms with E-state index in [1.165, 1.54) is 23.4 Å². The number of aryl methyl sites for hydroxylation is 1. The maximum absolute atomic E-state index is 4.65. The van der Waals surface area contributed by atoms with Gasteiger partial charge in [-0.3, -0.25) is 9.30 Å². The largest absolute Gasteiger partial charge is 0.293 e. The minimum atomic E-state index is 0. The monoisotopic (exact) mass is 339 g/mol. The quantitative estimate of drug-likeness (QED) is 0.693. The molecule has 6 heteroatoms. The first-order chi connectivity index (χ1) is 9.74. The summed E-state index contributed by atoms with van der Waals surface area (Å²) in [5, 5.41) is 4.34. The number of thiazole rings is 1. The zero-order chi connectivity index (χ0) is 13.7. The van der Waals surface area contributed by atoms with E-state index in [9.17, 15) is 0 Å². The Labute approximate surface area is 138 Å².